The Bertz CT molecular complexity index is 145. The molecule has 0 radical (unpaired) electrons. The third-order valence-electron chi connectivity index (χ3n) is 1.89. The fraction of sp³-hybridized carbons (Fsp3) is 0.727. The normalized spacial score (nSPS) is 12.2. The Labute approximate surface area is 75.9 Å². The molecule has 0 unspecified atom stereocenters. The lowest BCUT2D eigenvalue weighted by Gasteiger charge is -2.01. The number of allylic oxidation sites excluding steroid dienone is 2. The summed E-state index contributed by atoms with van der Waals surface area (Å²) in [6.45, 7) is 6.56. The highest BCUT2D eigenvalue weighted by molar-refractivity contribution is 5.49. The Hall–Kier alpha value is -0.590. The second kappa shape index (κ2) is 7.08. The molecular weight excluding hydrogens is 148 g/mol. The van der Waals surface area contributed by atoms with E-state index < -0.39 is 0 Å². The number of rotatable bonds is 6. The fourth-order valence-corrected chi connectivity index (χ4v) is 1.05. The number of carbonyl (C=O) groups is 1. The molecule has 0 N–H and O–H groups in total. The SMILES string of the molecule is C/C(=C\CCC(C)C)CCC=O. The quantitative estimate of drug-likeness (QED) is 0.439. The Morgan fingerprint density at radius 2 is 2.00 bits per heavy atom. The molecule has 1 nitrogen and oxygen atoms in total. The van der Waals surface area contributed by atoms with Crippen LogP contribution >= 0.6 is 0 Å². The van der Waals surface area contributed by atoms with Crippen molar-refractivity contribution < 1.29 is 4.79 Å². The number of hydrogen-bond acceptors (Lipinski definition) is 1. The van der Waals surface area contributed by atoms with E-state index in [1.807, 2.05) is 0 Å². The van der Waals surface area contributed by atoms with Crippen molar-refractivity contribution in [3.63, 3.8) is 0 Å². The largest absolute Gasteiger partial charge is 0.303 e. The third-order valence-corrected chi connectivity index (χ3v) is 1.89. The van der Waals surface area contributed by atoms with Crippen molar-refractivity contribution in [3.8, 4) is 0 Å². The van der Waals surface area contributed by atoms with Gasteiger partial charge < -0.3 is 4.79 Å². The minimum Gasteiger partial charge on any atom is -0.303 e. The molecule has 0 saturated heterocycles. The maximum absolute atomic E-state index is 10.1. The van der Waals surface area contributed by atoms with E-state index in [0.29, 0.717) is 6.42 Å². The van der Waals surface area contributed by atoms with Crippen LogP contribution in [0.25, 0.3) is 0 Å². The van der Waals surface area contributed by atoms with Crippen molar-refractivity contribution in [3.05, 3.63) is 11.6 Å². The van der Waals surface area contributed by atoms with Crippen LogP contribution in [-0.2, 0) is 4.79 Å². The predicted octanol–water partition coefficient (Wildman–Crippen LogP) is 3.35. The molecule has 70 valence electrons. The van der Waals surface area contributed by atoms with Gasteiger partial charge in [0.15, 0.2) is 0 Å². The summed E-state index contributed by atoms with van der Waals surface area (Å²) in [7, 11) is 0. The lowest BCUT2D eigenvalue weighted by atomic mass is 10.1. The van der Waals surface area contributed by atoms with Crippen LogP contribution in [0.1, 0.15) is 46.5 Å². The van der Waals surface area contributed by atoms with Gasteiger partial charge in [-0.2, -0.15) is 0 Å². The summed E-state index contributed by atoms with van der Waals surface area (Å²) in [5.41, 5.74) is 1.35. The van der Waals surface area contributed by atoms with Crippen LogP contribution in [0.3, 0.4) is 0 Å². The molecule has 0 aromatic carbocycles. The molecule has 0 aliphatic heterocycles. The first-order chi connectivity index (χ1) is 5.66. The average molecular weight is 168 g/mol. The van der Waals surface area contributed by atoms with Crippen molar-refractivity contribution in [2.75, 3.05) is 0 Å². The van der Waals surface area contributed by atoms with E-state index in [2.05, 4.69) is 26.8 Å². The van der Waals surface area contributed by atoms with Crippen molar-refractivity contribution in [1.82, 2.24) is 0 Å². The lowest BCUT2D eigenvalue weighted by molar-refractivity contribution is -0.107. The molecular formula is C11H20O. The minimum atomic E-state index is 0.671. The Kier molecular flexibility index (Phi) is 6.73. The molecule has 0 atom stereocenters. The maximum atomic E-state index is 10.1. The second-order valence-electron chi connectivity index (χ2n) is 3.73. The summed E-state index contributed by atoms with van der Waals surface area (Å²) >= 11 is 0. The van der Waals surface area contributed by atoms with E-state index in [-0.39, 0.29) is 0 Å². The molecule has 0 aliphatic rings. The van der Waals surface area contributed by atoms with Gasteiger partial charge in [0.1, 0.15) is 6.29 Å². The van der Waals surface area contributed by atoms with Crippen molar-refractivity contribution in [1.29, 1.82) is 0 Å². The summed E-state index contributed by atoms with van der Waals surface area (Å²) in [5, 5.41) is 0. The molecule has 0 spiro atoms. The number of hydrogen-bond donors (Lipinski definition) is 0. The van der Waals surface area contributed by atoms with Gasteiger partial charge in [0, 0.05) is 6.42 Å². The van der Waals surface area contributed by atoms with Gasteiger partial charge >= 0.3 is 0 Å². The van der Waals surface area contributed by atoms with Crippen molar-refractivity contribution in [2.45, 2.75) is 46.5 Å². The summed E-state index contributed by atoms with van der Waals surface area (Å²) in [6.07, 6.45) is 7.25. The third kappa shape index (κ3) is 7.52. The van der Waals surface area contributed by atoms with E-state index in [9.17, 15) is 4.79 Å². The van der Waals surface area contributed by atoms with Gasteiger partial charge in [-0.1, -0.05) is 25.5 Å². The summed E-state index contributed by atoms with van der Waals surface area (Å²) < 4.78 is 0. The van der Waals surface area contributed by atoms with Crippen LogP contribution < -0.4 is 0 Å². The predicted molar refractivity (Wildman–Crippen MR) is 53.1 cm³/mol. The van der Waals surface area contributed by atoms with E-state index in [1.165, 1.54) is 12.0 Å². The Morgan fingerprint density at radius 1 is 1.33 bits per heavy atom. The smallest absolute Gasteiger partial charge is 0.120 e. The summed E-state index contributed by atoms with van der Waals surface area (Å²) in [6, 6.07) is 0. The monoisotopic (exact) mass is 168 g/mol. The Morgan fingerprint density at radius 3 is 2.50 bits per heavy atom. The van der Waals surface area contributed by atoms with Gasteiger partial charge in [-0.25, -0.2) is 0 Å². The van der Waals surface area contributed by atoms with Crippen LogP contribution in [0.4, 0.5) is 0 Å². The zero-order chi connectivity index (χ0) is 9.40. The molecule has 0 aromatic heterocycles. The molecule has 0 rings (SSSR count). The minimum absolute atomic E-state index is 0.671. The molecule has 1 heteroatoms. The van der Waals surface area contributed by atoms with Crippen LogP contribution in [0, 0.1) is 5.92 Å². The van der Waals surface area contributed by atoms with Crippen LogP contribution in [0.2, 0.25) is 0 Å². The van der Waals surface area contributed by atoms with Gasteiger partial charge in [-0.3, -0.25) is 0 Å². The van der Waals surface area contributed by atoms with Crippen molar-refractivity contribution in [2.24, 2.45) is 5.92 Å². The van der Waals surface area contributed by atoms with Crippen LogP contribution in [0.5, 0.6) is 0 Å². The van der Waals surface area contributed by atoms with Gasteiger partial charge in [0.2, 0.25) is 0 Å². The van der Waals surface area contributed by atoms with E-state index in [4.69, 9.17) is 0 Å². The van der Waals surface area contributed by atoms with E-state index in [1.54, 1.807) is 0 Å². The van der Waals surface area contributed by atoms with E-state index >= 15 is 0 Å². The van der Waals surface area contributed by atoms with Gasteiger partial charge in [-0.15, -0.1) is 0 Å². The highest BCUT2D eigenvalue weighted by atomic mass is 16.1. The zero-order valence-electron chi connectivity index (χ0n) is 8.47. The fourth-order valence-electron chi connectivity index (χ4n) is 1.05. The maximum Gasteiger partial charge on any atom is 0.120 e. The summed E-state index contributed by atoms with van der Waals surface area (Å²) in [5.74, 6) is 0.778. The first-order valence-corrected chi connectivity index (χ1v) is 4.76. The molecule has 0 aliphatic carbocycles. The summed E-state index contributed by atoms with van der Waals surface area (Å²) in [4.78, 5) is 10.1. The van der Waals surface area contributed by atoms with Crippen molar-refractivity contribution >= 4 is 6.29 Å². The molecule has 0 saturated carbocycles. The topological polar surface area (TPSA) is 17.1 Å². The van der Waals surface area contributed by atoms with Gasteiger partial charge in [-0.05, 0) is 32.1 Å². The number of aldehydes is 1. The average Bonchev–Trinajstić information content (AvgIpc) is 2.00. The number of carbonyl (C=O) groups excluding carboxylic acids is 1. The van der Waals surface area contributed by atoms with Gasteiger partial charge in [0.05, 0.1) is 0 Å². The molecule has 0 aromatic rings. The first kappa shape index (κ1) is 11.4. The van der Waals surface area contributed by atoms with Crippen LogP contribution in [-0.4, -0.2) is 6.29 Å². The molecule has 0 bridgehead atoms. The zero-order valence-corrected chi connectivity index (χ0v) is 8.47. The second-order valence-corrected chi connectivity index (χ2v) is 3.73. The molecule has 0 heterocycles. The van der Waals surface area contributed by atoms with Gasteiger partial charge in [0.25, 0.3) is 0 Å². The first-order valence-electron chi connectivity index (χ1n) is 4.76. The van der Waals surface area contributed by atoms with E-state index in [0.717, 1.165) is 25.0 Å². The highest BCUT2D eigenvalue weighted by Gasteiger charge is 1.92. The highest BCUT2D eigenvalue weighted by Crippen LogP contribution is 2.09. The molecule has 0 amide bonds. The lowest BCUT2D eigenvalue weighted by Crippen LogP contribution is -1.85. The standard InChI is InChI=1S/C11H20O/c1-10(2)6-4-7-11(3)8-5-9-12/h7,9-10H,4-6,8H2,1-3H3/b11-7+. The molecule has 0 fully saturated rings. The molecule has 12 heavy (non-hydrogen) atoms. The van der Waals surface area contributed by atoms with Crippen LogP contribution in [0.15, 0.2) is 11.6 Å². The Balaban J connectivity index is 3.47.